The second kappa shape index (κ2) is 5.53. The smallest absolute Gasteiger partial charge is 0.406 e. The van der Waals surface area contributed by atoms with Crippen LogP contribution in [0.4, 0.5) is 13.2 Å². The normalized spacial score (nSPS) is 11.2. The maximum atomic E-state index is 11.8. The van der Waals surface area contributed by atoms with Crippen LogP contribution in [0.2, 0.25) is 0 Å². The number of ether oxygens (including phenoxy) is 1. The number of alkyl halides is 3. The lowest BCUT2D eigenvalue weighted by Gasteiger charge is -2.09. The molecular weight excluding hydrogens is 237 g/mol. The number of amides is 1. The number of nitrogens with one attached hydrogen (secondary N) is 1. The molecule has 0 radical (unpaired) electrons. The van der Waals surface area contributed by atoms with E-state index in [4.69, 9.17) is 5.73 Å². The Bertz CT molecular complexity index is 376. The lowest BCUT2D eigenvalue weighted by Crippen LogP contribution is -2.28. The van der Waals surface area contributed by atoms with Gasteiger partial charge >= 0.3 is 6.36 Å². The number of rotatable bonds is 5. The van der Waals surface area contributed by atoms with Crippen LogP contribution in [-0.2, 0) is 11.3 Å². The summed E-state index contributed by atoms with van der Waals surface area (Å²) in [6.07, 6.45) is -4.69. The van der Waals surface area contributed by atoms with Gasteiger partial charge in [0.1, 0.15) is 5.75 Å². The molecule has 0 atom stereocenters. The van der Waals surface area contributed by atoms with E-state index in [9.17, 15) is 18.0 Å². The first-order chi connectivity index (χ1) is 7.87. The Balaban J connectivity index is 2.47. The molecule has 17 heavy (non-hydrogen) atoms. The van der Waals surface area contributed by atoms with Crippen LogP contribution in [-0.4, -0.2) is 18.8 Å². The second-order valence-corrected chi connectivity index (χ2v) is 3.26. The first kappa shape index (κ1) is 13.3. The van der Waals surface area contributed by atoms with Crippen molar-refractivity contribution in [3.8, 4) is 5.75 Å². The van der Waals surface area contributed by atoms with Gasteiger partial charge in [0.15, 0.2) is 0 Å². The molecule has 0 heterocycles. The highest BCUT2D eigenvalue weighted by Crippen LogP contribution is 2.22. The molecule has 1 rings (SSSR count). The van der Waals surface area contributed by atoms with Crippen molar-refractivity contribution in [3.63, 3.8) is 0 Å². The molecule has 0 saturated heterocycles. The minimum atomic E-state index is -4.69. The Hall–Kier alpha value is -1.76. The van der Waals surface area contributed by atoms with Gasteiger partial charge in [0.25, 0.3) is 0 Å². The predicted molar refractivity (Wildman–Crippen MR) is 54.0 cm³/mol. The van der Waals surface area contributed by atoms with Gasteiger partial charge in [0, 0.05) is 6.54 Å². The Kier molecular flexibility index (Phi) is 4.33. The number of halogens is 3. The van der Waals surface area contributed by atoms with Gasteiger partial charge in [-0.25, -0.2) is 0 Å². The highest BCUT2D eigenvalue weighted by molar-refractivity contribution is 5.75. The molecule has 0 spiro atoms. The first-order valence-corrected chi connectivity index (χ1v) is 4.70. The van der Waals surface area contributed by atoms with Crippen molar-refractivity contribution in [1.82, 2.24) is 5.32 Å². The first-order valence-electron chi connectivity index (χ1n) is 4.70. The summed E-state index contributed by atoms with van der Waals surface area (Å²) in [6.45, 7) is 0.357. The van der Waals surface area contributed by atoms with Crippen molar-refractivity contribution in [2.75, 3.05) is 6.54 Å². The Labute approximate surface area is 95.6 Å². The van der Waals surface area contributed by atoms with E-state index in [2.05, 4.69) is 10.1 Å². The molecular formula is C10H11F3N2O2. The monoisotopic (exact) mass is 248 g/mol. The van der Waals surface area contributed by atoms with Crippen molar-refractivity contribution in [3.05, 3.63) is 29.8 Å². The fraction of sp³-hybridized carbons (Fsp3) is 0.300. The summed E-state index contributed by atoms with van der Waals surface area (Å²) in [5, 5.41) is 2.73. The Morgan fingerprint density at radius 2 is 1.88 bits per heavy atom. The van der Waals surface area contributed by atoms with Crippen molar-refractivity contribution in [2.45, 2.75) is 12.9 Å². The lowest BCUT2D eigenvalue weighted by atomic mass is 10.2. The van der Waals surface area contributed by atoms with Crippen LogP contribution in [0.1, 0.15) is 5.56 Å². The Morgan fingerprint density at radius 1 is 1.29 bits per heavy atom. The molecule has 0 unspecified atom stereocenters. The largest absolute Gasteiger partial charge is 0.573 e. The maximum Gasteiger partial charge on any atom is 0.573 e. The fourth-order valence-corrected chi connectivity index (χ4v) is 1.14. The molecule has 7 heteroatoms. The summed E-state index contributed by atoms with van der Waals surface area (Å²) in [5.41, 5.74) is 5.63. The van der Waals surface area contributed by atoms with Crippen LogP contribution in [0, 0.1) is 0 Å². The van der Waals surface area contributed by atoms with Gasteiger partial charge in [-0.15, -0.1) is 13.2 Å². The number of primary amides is 1. The molecule has 0 aliphatic heterocycles. The summed E-state index contributed by atoms with van der Waals surface area (Å²) < 4.78 is 39.2. The molecule has 94 valence electrons. The van der Waals surface area contributed by atoms with Gasteiger partial charge < -0.3 is 15.8 Å². The molecule has 1 amide bonds. The van der Waals surface area contributed by atoms with E-state index in [0.29, 0.717) is 6.54 Å². The van der Waals surface area contributed by atoms with Crippen molar-refractivity contribution < 1.29 is 22.7 Å². The van der Waals surface area contributed by atoms with E-state index in [0.717, 1.165) is 5.56 Å². The molecule has 1 aromatic carbocycles. The summed E-state index contributed by atoms with van der Waals surface area (Å²) in [6, 6.07) is 5.34. The van der Waals surface area contributed by atoms with Crippen LogP contribution in [0.3, 0.4) is 0 Å². The minimum absolute atomic E-state index is 0.0147. The predicted octanol–water partition coefficient (Wildman–Crippen LogP) is 1.16. The second-order valence-electron chi connectivity index (χ2n) is 3.26. The SMILES string of the molecule is NC(=O)CNCc1ccc(OC(F)(F)F)cc1. The molecule has 3 N–H and O–H groups in total. The average Bonchev–Trinajstić information content (AvgIpc) is 2.18. The standard InChI is InChI=1S/C10H11F3N2O2/c11-10(12,13)17-8-3-1-7(2-4-8)5-15-6-9(14)16/h1-4,15H,5-6H2,(H2,14,16). The highest BCUT2D eigenvalue weighted by Gasteiger charge is 2.30. The third kappa shape index (κ3) is 5.76. The fourth-order valence-electron chi connectivity index (χ4n) is 1.14. The van der Waals surface area contributed by atoms with Gasteiger partial charge in [-0.3, -0.25) is 4.79 Å². The summed E-state index contributed by atoms with van der Waals surface area (Å²) >= 11 is 0. The van der Waals surface area contributed by atoms with Crippen LogP contribution in [0.25, 0.3) is 0 Å². The molecule has 4 nitrogen and oxygen atoms in total. The molecule has 0 aliphatic carbocycles. The molecule has 0 fully saturated rings. The number of nitrogens with two attached hydrogens (primary N) is 1. The molecule has 0 aliphatic rings. The average molecular weight is 248 g/mol. The van der Waals surface area contributed by atoms with Crippen molar-refractivity contribution in [1.29, 1.82) is 0 Å². The van der Waals surface area contributed by atoms with Crippen molar-refractivity contribution in [2.24, 2.45) is 5.73 Å². The van der Waals surface area contributed by atoms with E-state index in [1.54, 1.807) is 0 Å². The number of hydrogen-bond acceptors (Lipinski definition) is 3. The number of carbonyl (C=O) groups is 1. The van der Waals surface area contributed by atoms with Gasteiger partial charge in [-0.2, -0.15) is 0 Å². The van der Waals surface area contributed by atoms with E-state index in [-0.39, 0.29) is 12.3 Å². The van der Waals surface area contributed by atoms with Gasteiger partial charge in [0.2, 0.25) is 5.91 Å². The summed E-state index contributed by atoms with van der Waals surface area (Å²) in [7, 11) is 0. The zero-order valence-corrected chi connectivity index (χ0v) is 8.75. The Morgan fingerprint density at radius 3 is 2.35 bits per heavy atom. The zero-order valence-electron chi connectivity index (χ0n) is 8.75. The highest BCUT2D eigenvalue weighted by atomic mass is 19.4. The lowest BCUT2D eigenvalue weighted by molar-refractivity contribution is -0.274. The van der Waals surface area contributed by atoms with Crippen LogP contribution in [0.5, 0.6) is 5.75 Å². The van der Waals surface area contributed by atoms with E-state index < -0.39 is 12.3 Å². The quantitative estimate of drug-likeness (QED) is 0.821. The van der Waals surface area contributed by atoms with Crippen LogP contribution >= 0.6 is 0 Å². The van der Waals surface area contributed by atoms with E-state index >= 15 is 0 Å². The summed E-state index contributed by atoms with van der Waals surface area (Å²) in [5.74, 6) is -0.779. The van der Waals surface area contributed by atoms with Crippen molar-refractivity contribution >= 4 is 5.91 Å². The van der Waals surface area contributed by atoms with Gasteiger partial charge in [0.05, 0.1) is 6.54 Å². The molecule has 0 bridgehead atoms. The topological polar surface area (TPSA) is 64.4 Å². The number of hydrogen-bond donors (Lipinski definition) is 2. The minimum Gasteiger partial charge on any atom is -0.406 e. The number of benzene rings is 1. The van der Waals surface area contributed by atoms with E-state index in [1.165, 1.54) is 24.3 Å². The van der Waals surface area contributed by atoms with Crippen LogP contribution in [0.15, 0.2) is 24.3 Å². The molecule has 0 saturated carbocycles. The maximum absolute atomic E-state index is 11.8. The van der Waals surface area contributed by atoms with Gasteiger partial charge in [-0.1, -0.05) is 12.1 Å². The number of carbonyl (C=O) groups excluding carboxylic acids is 1. The molecule has 1 aromatic rings. The third-order valence-electron chi connectivity index (χ3n) is 1.79. The zero-order chi connectivity index (χ0) is 12.9. The summed E-state index contributed by atoms with van der Waals surface area (Å²) in [4.78, 5) is 10.4. The van der Waals surface area contributed by atoms with Gasteiger partial charge in [-0.05, 0) is 17.7 Å². The van der Waals surface area contributed by atoms with Crippen LogP contribution < -0.4 is 15.8 Å². The molecule has 0 aromatic heterocycles. The van der Waals surface area contributed by atoms with E-state index in [1.807, 2.05) is 0 Å². The third-order valence-corrected chi connectivity index (χ3v) is 1.79.